The second-order valence-electron chi connectivity index (χ2n) is 5.38. The van der Waals surface area contributed by atoms with E-state index in [9.17, 15) is 0 Å². The third kappa shape index (κ3) is 4.63. The minimum atomic E-state index is 0. The fourth-order valence-corrected chi connectivity index (χ4v) is 2.86. The van der Waals surface area contributed by atoms with Gasteiger partial charge in [0.05, 0.1) is 6.54 Å². The molecule has 21 heavy (non-hydrogen) atoms. The molecule has 0 amide bonds. The Morgan fingerprint density at radius 3 is 2.52 bits per heavy atom. The fourth-order valence-electron chi connectivity index (χ4n) is 2.86. The van der Waals surface area contributed by atoms with Crippen LogP contribution in [-0.2, 0) is 16.0 Å². The first-order chi connectivity index (χ1) is 9.92. The molecular weight excluding hydrogens is 288 g/mol. The number of piperidine rings is 1. The molecule has 1 aromatic rings. The van der Waals surface area contributed by atoms with Gasteiger partial charge in [0.2, 0.25) is 6.79 Å². The van der Waals surface area contributed by atoms with Crippen LogP contribution in [0.25, 0.3) is 0 Å². The summed E-state index contributed by atoms with van der Waals surface area (Å²) in [5, 5.41) is 3.43. The molecule has 1 N–H and O–H groups in total. The number of benzene rings is 1. The Morgan fingerprint density at radius 2 is 1.86 bits per heavy atom. The topological polar surface area (TPSA) is 33.7 Å². The van der Waals surface area contributed by atoms with Gasteiger partial charge in [-0.25, -0.2) is 0 Å². The molecule has 0 spiro atoms. The standard InChI is InChI=1S/C16H22N2O2.ClH/c1-2-4-14(5-3-1)10-18(11-16-12-19-13-20-16)15-6-8-17-9-7-15;/h1-5,12,15,17H,6-11,13H2;1H. The van der Waals surface area contributed by atoms with Gasteiger partial charge in [0, 0.05) is 12.6 Å². The van der Waals surface area contributed by atoms with Gasteiger partial charge in [-0.3, -0.25) is 4.90 Å². The van der Waals surface area contributed by atoms with Crippen molar-refractivity contribution in [2.24, 2.45) is 0 Å². The van der Waals surface area contributed by atoms with Crippen LogP contribution in [0.3, 0.4) is 0 Å². The third-order valence-electron chi connectivity index (χ3n) is 3.94. The van der Waals surface area contributed by atoms with Crippen LogP contribution in [0, 0.1) is 0 Å². The van der Waals surface area contributed by atoms with Crippen molar-refractivity contribution < 1.29 is 9.47 Å². The van der Waals surface area contributed by atoms with Crippen LogP contribution in [-0.4, -0.2) is 37.4 Å². The van der Waals surface area contributed by atoms with Crippen LogP contribution in [0.4, 0.5) is 0 Å². The highest BCUT2D eigenvalue weighted by molar-refractivity contribution is 5.85. The smallest absolute Gasteiger partial charge is 0.229 e. The van der Waals surface area contributed by atoms with Gasteiger partial charge >= 0.3 is 0 Å². The molecule has 0 aromatic heterocycles. The fraction of sp³-hybridized carbons (Fsp3) is 0.500. The van der Waals surface area contributed by atoms with Crippen LogP contribution in [0.2, 0.25) is 0 Å². The van der Waals surface area contributed by atoms with E-state index in [1.807, 2.05) is 0 Å². The number of halogens is 1. The lowest BCUT2D eigenvalue weighted by Gasteiger charge is -2.34. The van der Waals surface area contributed by atoms with E-state index in [0.29, 0.717) is 12.8 Å². The van der Waals surface area contributed by atoms with E-state index < -0.39 is 0 Å². The van der Waals surface area contributed by atoms with Crippen molar-refractivity contribution in [3.63, 3.8) is 0 Å². The van der Waals surface area contributed by atoms with Crippen LogP contribution in [0.5, 0.6) is 0 Å². The van der Waals surface area contributed by atoms with E-state index in [4.69, 9.17) is 9.47 Å². The first kappa shape index (κ1) is 16.1. The van der Waals surface area contributed by atoms with Gasteiger partial charge in [0.1, 0.15) is 12.0 Å². The van der Waals surface area contributed by atoms with Gasteiger partial charge in [0.25, 0.3) is 0 Å². The monoisotopic (exact) mass is 310 g/mol. The summed E-state index contributed by atoms with van der Waals surface area (Å²) in [5.41, 5.74) is 1.35. The molecule has 2 heterocycles. The van der Waals surface area contributed by atoms with E-state index in [-0.39, 0.29) is 12.4 Å². The molecule has 1 aromatic carbocycles. The van der Waals surface area contributed by atoms with Gasteiger partial charge in [-0.2, -0.15) is 0 Å². The van der Waals surface area contributed by atoms with Crippen LogP contribution in [0.15, 0.2) is 42.4 Å². The molecule has 2 aliphatic rings. The molecule has 2 aliphatic heterocycles. The molecule has 0 saturated carbocycles. The predicted molar refractivity (Wildman–Crippen MR) is 85.1 cm³/mol. The van der Waals surface area contributed by atoms with Crippen molar-refractivity contribution in [3.05, 3.63) is 47.9 Å². The Kier molecular flexibility index (Phi) is 6.36. The number of ether oxygens (including phenoxy) is 2. The summed E-state index contributed by atoms with van der Waals surface area (Å²) in [4.78, 5) is 2.51. The Labute approximate surface area is 132 Å². The van der Waals surface area contributed by atoms with Gasteiger partial charge in [-0.15, -0.1) is 12.4 Å². The molecule has 0 bridgehead atoms. The van der Waals surface area contributed by atoms with Crippen LogP contribution >= 0.6 is 12.4 Å². The highest BCUT2D eigenvalue weighted by Crippen LogP contribution is 2.19. The zero-order valence-electron chi connectivity index (χ0n) is 12.2. The molecule has 0 radical (unpaired) electrons. The summed E-state index contributed by atoms with van der Waals surface area (Å²) in [5.74, 6) is 0.944. The minimum Gasteiger partial charge on any atom is -0.462 e. The van der Waals surface area contributed by atoms with Gasteiger partial charge in [-0.05, 0) is 31.5 Å². The molecular formula is C16H23ClN2O2. The maximum absolute atomic E-state index is 5.49. The average Bonchev–Trinajstić information content (AvgIpc) is 3.02. The van der Waals surface area contributed by atoms with E-state index in [1.165, 1.54) is 18.4 Å². The molecule has 3 rings (SSSR count). The zero-order valence-corrected chi connectivity index (χ0v) is 13.0. The quantitative estimate of drug-likeness (QED) is 0.906. The largest absolute Gasteiger partial charge is 0.462 e. The van der Waals surface area contributed by atoms with Gasteiger partial charge in [0.15, 0.2) is 0 Å². The summed E-state index contributed by atoms with van der Waals surface area (Å²) in [6, 6.07) is 11.3. The lowest BCUT2D eigenvalue weighted by atomic mass is 10.0. The molecule has 0 aliphatic carbocycles. The second kappa shape index (κ2) is 8.27. The van der Waals surface area contributed by atoms with E-state index in [2.05, 4.69) is 40.5 Å². The summed E-state index contributed by atoms with van der Waals surface area (Å²) in [6.07, 6.45) is 4.14. The first-order valence-electron chi connectivity index (χ1n) is 7.34. The first-order valence-corrected chi connectivity index (χ1v) is 7.34. The molecule has 0 atom stereocenters. The van der Waals surface area contributed by atoms with Crippen molar-refractivity contribution in [3.8, 4) is 0 Å². The Morgan fingerprint density at radius 1 is 1.10 bits per heavy atom. The van der Waals surface area contributed by atoms with Crippen molar-refractivity contribution in [1.82, 2.24) is 10.2 Å². The van der Waals surface area contributed by atoms with Crippen LogP contribution < -0.4 is 5.32 Å². The Hall–Kier alpha value is -1.23. The molecule has 4 nitrogen and oxygen atoms in total. The predicted octanol–water partition coefficient (Wildman–Crippen LogP) is 2.51. The zero-order chi connectivity index (χ0) is 13.6. The average molecular weight is 311 g/mol. The van der Waals surface area contributed by atoms with Crippen LogP contribution in [0.1, 0.15) is 18.4 Å². The summed E-state index contributed by atoms with van der Waals surface area (Å²) in [6.45, 7) is 4.37. The number of rotatable bonds is 5. The molecule has 1 fully saturated rings. The number of hydrogen-bond donors (Lipinski definition) is 1. The molecule has 0 unspecified atom stereocenters. The molecule has 116 valence electrons. The van der Waals surface area contributed by atoms with Gasteiger partial charge < -0.3 is 14.8 Å². The summed E-state index contributed by atoms with van der Waals surface area (Å²) >= 11 is 0. The Bertz CT molecular complexity index is 447. The highest BCUT2D eigenvalue weighted by atomic mass is 35.5. The van der Waals surface area contributed by atoms with Crippen molar-refractivity contribution in [1.29, 1.82) is 0 Å². The lowest BCUT2D eigenvalue weighted by molar-refractivity contribution is 0.0648. The third-order valence-corrected chi connectivity index (χ3v) is 3.94. The number of nitrogens with one attached hydrogen (secondary N) is 1. The van der Waals surface area contributed by atoms with E-state index in [1.54, 1.807) is 6.26 Å². The molecule has 1 saturated heterocycles. The summed E-state index contributed by atoms with van der Waals surface area (Å²) in [7, 11) is 0. The maximum Gasteiger partial charge on any atom is 0.229 e. The maximum atomic E-state index is 5.49. The normalized spacial score (nSPS) is 18.6. The van der Waals surface area contributed by atoms with Crippen molar-refractivity contribution in [2.45, 2.75) is 25.4 Å². The summed E-state index contributed by atoms with van der Waals surface area (Å²) < 4.78 is 10.7. The van der Waals surface area contributed by atoms with Crippen molar-refractivity contribution >= 4 is 12.4 Å². The highest BCUT2D eigenvalue weighted by Gasteiger charge is 2.23. The van der Waals surface area contributed by atoms with Crippen molar-refractivity contribution in [2.75, 3.05) is 26.4 Å². The minimum absolute atomic E-state index is 0. The number of nitrogens with zero attached hydrogens (tertiary/aromatic N) is 1. The lowest BCUT2D eigenvalue weighted by Crippen LogP contribution is -2.43. The number of hydrogen-bond acceptors (Lipinski definition) is 4. The van der Waals surface area contributed by atoms with E-state index >= 15 is 0 Å². The van der Waals surface area contributed by atoms with E-state index in [0.717, 1.165) is 31.9 Å². The Balaban J connectivity index is 0.00000161. The SMILES string of the molecule is C1=C(CN(Cc2ccccc2)C2CCNCC2)OCO1.Cl. The van der Waals surface area contributed by atoms with Gasteiger partial charge in [-0.1, -0.05) is 30.3 Å². The molecule has 5 heteroatoms. The second-order valence-corrected chi connectivity index (χ2v) is 5.38.